The van der Waals surface area contributed by atoms with Crippen molar-refractivity contribution in [3.63, 3.8) is 0 Å². The van der Waals surface area contributed by atoms with E-state index in [0.29, 0.717) is 12.1 Å². The predicted molar refractivity (Wildman–Crippen MR) is 51.0 cm³/mol. The Hall–Kier alpha value is -1.91. The van der Waals surface area contributed by atoms with Crippen LogP contribution in [0.5, 0.6) is 0 Å². The van der Waals surface area contributed by atoms with Gasteiger partial charge in [-0.1, -0.05) is 5.21 Å². The molecule has 0 aliphatic rings. The Morgan fingerprint density at radius 2 is 2.50 bits per heavy atom. The molecule has 1 amide bonds. The zero-order valence-electron chi connectivity index (χ0n) is 7.77. The molecule has 1 N–H and O–H groups in total. The Morgan fingerprint density at radius 1 is 1.64 bits per heavy atom. The van der Waals surface area contributed by atoms with E-state index in [1.807, 2.05) is 6.92 Å². The first-order valence-corrected chi connectivity index (χ1v) is 4.39. The molecule has 0 aliphatic carbocycles. The van der Waals surface area contributed by atoms with Gasteiger partial charge in [-0.3, -0.25) is 4.79 Å². The Labute approximate surface area is 80.7 Å². The molecule has 0 atom stereocenters. The lowest BCUT2D eigenvalue weighted by atomic mass is 10.2. The minimum absolute atomic E-state index is 0.0730. The SMILES string of the molecule is CCNC(=O)c1ccn2nncc2c1. The molecule has 0 saturated carbocycles. The van der Waals surface area contributed by atoms with Gasteiger partial charge >= 0.3 is 0 Å². The van der Waals surface area contributed by atoms with Gasteiger partial charge in [-0.15, -0.1) is 5.10 Å². The highest BCUT2D eigenvalue weighted by atomic mass is 16.1. The molecule has 0 bridgehead atoms. The van der Waals surface area contributed by atoms with Gasteiger partial charge in [0.05, 0.1) is 11.7 Å². The van der Waals surface area contributed by atoms with E-state index in [-0.39, 0.29) is 5.91 Å². The second-order valence-electron chi connectivity index (χ2n) is 2.88. The van der Waals surface area contributed by atoms with Crippen LogP contribution in [0.1, 0.15) is 17.3 Å². The minimum Gasteiger partial charge on any atom is -0.352 e. The van der Waals surface area contributed by atoms with Gasteiger partial charge in [0.15, 0.2) is 0 Å². The standard InChI is InChI=1S/C9H10N4O/c1-2-10-9(14)7-3-4-13-8(5-7)6-11-12-13/h3-6H,2H2,1H3,(H,10,14). The summed E-state index contributed by atoms with van der Waals surface area (Å²) in [6.45, 7) is 2.51. The molecule has 0 aromatic carbocycles. The fraction of sp³-hybridized carbons (Fsp3) is 0.222. The van der Waals surface area contributed by atoms with Gasteiger partial charge in [0.1, 0.15) is 0 Å². The summed E-state index contributed by atoms with van der Waals surface area (Å²) in [6, 6.07) is 3.47. The summed E-state index contributed by atoms with van der Waals surface area (Å²) in [5.41, 5.74) is 1.44. The van der Waals surface area contributed by atoms with Crippen LogP contribution < -0.4 is 5.32 Å². The van der Waals surface area contributed by atoms with Gasteiger partial charge in [0.25, 0.3) is 5.91 Å². The van der Waals surface area contributed by atoms with Crippen molar-refractivity contribution < 1.29 is 4.79 Å². The molecule has 2 aromatic rings. The molecule has 2 heterocycles. The van der Waals surface area contributed by atoms with Gasteiger partial charge in [-0.25, -0.2) is 4.52 Å². The summed E-state index contributed by atoms with van der Waals surface area (Å²) in [4.78, 5) is 11.4. The maximum atomic E-state index is 11.4. The molecule has 2 rings (SSSR count). The van der Waals surface area contributed by atoms with Crippen LogP contribution in [0.25, 0.3) is 5.52 Å². The quantitative estimate of drug-likeness (QED) is 0.749. The first kappa shape index (κ1) is 8.68. The number of aromatic nitrogens is 3. The molecule has 2 aromatic heterocycles. The molecule has 0 spiro atoms. The number of pyridine rings is 1. The molecule has 0 radical (unpaired) electrons. The summed E-state index contributed by atoms with van der Waals surface area (Å²) in [6.07, 6.45) is 3.33. The van der Waals surface area contributed by atoms with Gasteiger partial charge < -0.3 is 5.32 Å². The van der Waals surface area contributed by atoms with Gasteiger partial charge in [-0.2, -0.15) is 0 Å². The van der Waals surface area contributed by atoms with E-state index in [9.17, 15) is 4.79 Å². The Balaban J connectivity index is 2.38. The van der Waals surface area contributed by atoms with Gasteiger partial charge in [0.2, 0.25) is 0 Å². The van der Waals surface area contributed by atoms with Gasteiger partial charge in [-0.05, 0) is 19.1 Å². The number of hydrogen-bond donors (Lipinski definition) is 1. The molecular formula is C9H10N4O. The first-order valence-electron chi connectivity index (χ1n) is 4.39. The number of carbonyl (C=O) groups excluding carboxylic acids is 1. The number of fused-ring (bicyclic) bond motifs is 1. The average molecular weight is 190 g/mol. The normalized spacial score (nSPS) is 10.4. The third-order valence-electron chi connectivity index (χ3n) is 1.90. The van der Waals surface area contributed by atoms with E-state index in [0.717, 1.165) is 5.52 Å². The van der Waals surface area contributed by atoms with Crippen molar-refractivity contribution in [3.8, 4) is 0 Å². The number of nitrogens with one attached hydrogen (secondary N) is 1. The molecule has 5 heteroatoms. The van der Waals surface area contributed by atoms with Crippen LogP contribution in [-0.4, -0.2) is 27.3 Å². The van der Waals surface area contributed by atoms with E-state index in [1.54, 1.807) is 29.0 Å². The van der Waals surface area contributed by atoms with E-state index in [4.69, 9.17) is 0 Å². The van der Waals surface area contributed by atoms with Crippen LogP contribution in [0.3, 0.4) is 0 Å². The van der Waals surface area contributed by atoms with Crippen molar-refractivity contribution in [2.75, 3.05) is 6.54 Å². The number of rotatable bonds is 2. The second-order valence-corrected chi connectivity index (χ2v) is 2.88. The summed E-state index contributed by atoms with van der Waals surface area (Å²) in [5.74, 6) is -0.0730. The smallest absolute Gasteiger partial charge is 0.251 e. The number of carbonyl (C=O) groups is 1. The molecule has 5 nitrogen and oxygen atoms in total. The van der Waals surface area contributed by atoms with Crippen LogP contribution in [0.15, 0.2) is 24.5 Å². The molecule has 0 unspecified atom stereocenters. The maximum Gasteiger partial charge on any atom is 0.251 e. The molecule has 0 saturated heterocycles. The second kappa shape index (κ2) is 3.45. The highest BCUT2D eigenvalue weighted by Crippen LogP contribution is 2.04. The van der Waals surface area contributed by atoms with Crippen LogP contribution in [0.4, 0.5) is 0 Å². The fourth-order valence-corrected chi connectivity index (χ4v) is 1.23. The first-order chi connectivity index (χ1) is 6.81. The number of nitrogens with zero attached hydrogens (tertiary/aromatic N) is 3. The van der Waals surface area contributed by atoms with Crippen molar-refractivity contribution in [1.29, 1.82) is 0 Å². The zero-order chi connectivity index (χ0) is 9.97. The van der Waals surface area contributed by atoms with Crippen molar-refractivity contribution in [1.82, 2.24) is 20.1 Å². The summed E-state index contributed by atoms with van der Waals surface area (Å²) in [7, 11) is 0. The Kier molecular flexibility index (Phi) is 2.14. The van der Waals surface area contributed by atoms with E-state index < -0.39 is 0 Å². The van der Waals surface area contributed by atoms with E-state index in [1.165, 1.54) is 0 Å². The van der Waals surface area contributed by atoms with Gasteiger partial charge in [0, 0.05) is 18.3 Å². The summed E-state index contributed by atoms with van der Waals surface area (Å²) >= 11 is 0. The van der Waals surface area contributed by atoms with Crippen molar-refractivity contribution in [3.05, 3.63) is 30.1 Å². The third kappa shape index (κ3) is 1.44. The largest absolute Gasteiger partial charge is 0.352 e. The van der Waals surface area contributed by atoms with Crippen molar-refractivity contribution in [2.45, 2.75) is 6.92 Å². The van der Waals surface area contributed by atoms with Crippen molar-refractivity contribution >= 4 is 11.4 Å². The molecule has 14 heavy (non-hydrogen) atoms. The summed E-state index contributed by atoms with van der Waals surface area (Å²) < 4.78 is 1.61. The highest BCUT2D eigenvalue weighted by molar-refractivity contribution is 5.95. The Bertz CT molecular complexity index is 463. The lowest BCUT2D eigenvalue weighted by Gasteiger charge is -2.01. The molecule has 0 aliphatic heterocycles. The number of hydrogen-bond acceptors (Lipinski definition) is 3. The summed E-state index contributed by atoms with van der Waals surface area (Å²) in [5, 5.41) is 10.3. The molecule has 0 fully saturated rings. The van der Waals surface area contributed by atoms with Crippen LogP contribution in [0, 0.1) is 0 Å². The molecule has 72 valence electrons. The predicted octanol–water partition coefficient (Wildman–Crippen LogP) is 0.479. The number of amides is 1. The van der Waals surface area contributed by atoms with Crippen LogP contribution in [-0.2, 0) is 0 Å². The zero-order valence-corrected chi connectivity index (χ0v) is 7.77. The Morgan fingerprint density at radius 3 is 3.29 bits per heavy atom. The lowest BCUT2D eigenvalue weighted by Crippen LogP contribution is -2.22. The highest BCUT2D eigenvalue weighted by Gasteiger charge is 2.04. The van der Waals surface area contributed by atoms with E-state index >= 15 is 0 Å². The minimum atomic E-state index is -0.0730. The van der Waals surface area contributed by atoms with Crippen LogP contribution >= 0.6 is 0 Å². The monoisotopic (exact) mass is 190 g/mol. The lowest BCUT2D eigenvalue weighted by molar-refractivity contribution is 0.0956. The van der Waals surface area contributed by atoms with Crippen LogP contribution in [0.2, 0.25) is 0 Å². The average Bonchev–Trinajstić information content (AvgIpc) is 2.64. The topological polar surface area (TPSA) is 59.3 Å². The third-order valence-corrected chi connectivity index (χ3v) is 1.90. The van der Waals surface area contributed by atoms with E-state index in [2.05, 4.69) is 15.6 Å². The fourth-order valence-electron chi connectivity index (χ4n) is 1.23. The molecular weight excluding hydrogens is 180 g/mol. The van der Waals surface area contributed by atoms with Crippen molar-refractivity contribution in [2.24, 2.45) is 0 Å². The maximum absolute atomic E-state index is 11.4.